The predicted octanol–water partition coefficient (Wildman–Crippen LogP) is 6.48. The first kappa shape index (κ1) is 23.4. The molecule has 6 nitrogen and oxygen atoms in total. The number of aromatic nitrogens is 2. The van der Waals surface area contributed by atoms with Crippen molar-refractivity contribution >= 4 is 41.1 Å². The fourth-order valence-corrected chi connectivity index (χ4v) is 4.03. The van der Waals surface area contributed by atoms with Crippen LogP contribution in [-0.2, 0) is 16.9 Å². The van der Waals surface area contributed by atoms with Crippen LogP contribution in [0.3, 0.4) is 0 Å². The van der Waals surface area contributed by atoms with Crippen LogP contribution >= 0.6 is 35.0 Å². The van der Waals surface area contributed by atoms with Gasteiger partial charge in [0.1, 0.15) is 11.6 Å². The third-order valence-electron chi connectivity index (χ3n) is 4.06. The monoisotopic (exact) mass is 479 g/mol. The topological polar surface area (TPSA) is 77.2 Å². The maximum absolute atomic E-state index is 12.4. The molecule has 31 heavy (non-hydrogen) atoms. The highest BCUT2D eigenvalue weighted by Crippen LogP contribution is 2.29. The van der Waals surface area contributed by atoms with Crippen LogP contribution < -0.4 is 5.32 Å². The lowest BCUT2D eigenvalue weighted by atomic mass is 10.1. The highest BCUT2D eigenvalue weighted by molar-refractivity contribution is 7.98. The van der Waals surface area contributed by atoms with E-state index in [0.29, 0.717) is 33.3 Å². The zero-order valence-corrected chi connectivity index (χ0v) is 19.7. The Kier molecular flexibility index (Phi) is 7.86. The van der Waals surface area contributed by atoms with Crippen LogP contribution in [0.15, 0.2) is 58.2 Å². The minimum absolute atomic E-state index is 0.305. The number of nitrogens with one attached hydrogen (secondary N) is 1. The number of alkyl carbamates (subject to hydrolysis) is 1. The Morgan fingerprint density at radius 3 is 2.58 bits per heavy atom. The predicted molar refractivity (Wildman–Crippen MR) is 123 cm³/mol. The second-order valence-corrected chi connectivity index (χ2v) is 9.59. The molecule has 164 valence electrons. The second-order valence-electron chi connectivity index (χ2n) is 7.82. The molecule has 3 rings (SSSR count). The molecule has 0 aliphatic carbocycles. The van der Waals surface area contributed by atoms with Crippen LogP contribution in [0.4, 0.5) is 4.79 Å². The van der Waals surface area contributed by atoms with Gasteiger partial charge in [-0.25, -0.2) is 4.79 Å². The first-order valence-corrected chi connectivity index (χ1v) is 11.4. The third kappa shape index (κ3) is 7.45. The molecule has 0 saturated carbocycles. The molecule has 0 fully saturated rings. The number of halogens is 2. The lowest BCUT2D eigenvalue weighted by molar-refractivity contribution is 0.0494. The molecule has 9 heteroatoms. The normalized spacial score (nSPS) is 12.4. The van der Waals surface area contributed by atoms with E-state index in [1.165, 1.54) is 11.8 Å². The summed E-state index contributed by atoms with van der Waals surface area (Å²) in [5, 5.41) is 12.6. The number of nitrogens with zero attached hydrogens (tertiary/aromatic N) is 2. The van der Waals surface area contributed by atoms with Crippen molar-refractivity contribution in [2.24, 2.45) is 0 Å². The Bertz CT molecular complexity index is 1020. The van der Waals surface area contributed by atoms with Crippen LogP contribution in [0.2, 0.25) is 10.0 Å². The van der Waals surface area contributed by atoms with Gasteiger partial charge in [-0.15, -0.1) is 10.2 Å². The average molecular weight is 480 g/mol. The fraction of sp³-hybridized carbons (Fsp3) is 0.318. The van der Waals surface area contributed by atoms with E-state index in [-0.39, 0.29) is 0 Å². The Morgan fingerprint density at radius 2 is 1.90 bits per heavy atom. The molecular weight excluding hydrogens is 457 g/mol. The number of hydrogen-bond acceptors (Lipinski definition) is 6. The van der Waals surface area contributed by atoms with Crippen LogP contribution in [0.5, 0.6) is 0 Å². The number of ether oxygens (including phenoxy) is 1. The number of carbonyl (C=O) groups excluding carboxylic acids is 1. The molecule has 1 atom stereocenters. The molecule has 3 aromatic rings. The quantitative estimate of drug-likeness (QED) is 0.390. The van der Waals surface area contributed by atoms with Gasteiger partial charge in [-0.1, -0.05) is 71.4 Å². The molecule has 1 amide bonds. The van der Waals surface area contributed by atoms with Gasteiger partial charge in [0.25, 0.3) is 5.22 Å². The lowest BCUT2D eigenvalue weighted by Crippen LogP contribution is -2.36. The van der Waals surface area contributed by atoms with Crippen LogP contribution in [-0.4, -0.2) is 21.9 Å². The number of carbonyl (C=O) groups is 1. The van der Waals surface area contributed by atoms with Crippen molar-refractivity contribution < 1.29 is 13.9 Å². The Balaban J connectivity index is 1.72. The van der Waals surface area contributed by atoms with Crippen molar-refractivity contribution in [3.8, 4) is 0 Å². The summed E-state index contributed by atoms with van der Waals surface area (Å²) in [6.07, 6.45) is -0.0659. The summed E-state index contributed by atoms with van der Waals surface area (Å²) in [7, 11) is 0. The Morgan fingerprint density at radius 1 is 1.16 bits per heavy atom. The number of rotatable bonds is 7. The molecule has 1 aromatic heterocycles. The Labute approximate surface area is 195 Å². The van der Waals surface area contributed by atoms with Crippen LogP contribution in [0.1, 0.15) is 43.8 Å². The summed E-state index contributed by atoms with van der Waals surface area (Å²) in [6.45, 7) is 5.42. The summed E-state index contributed by atoms with van der Waals surface area (Å²) < 4.78 is 11.2. The van der Waals surface area contributed by atoms with E-state index in [1.807, 2.05) is 57.2 Å². The van der Waals surface area contributed by atoms with E-state index in [1.54, 1.807) is 12.1 Å². The summed E-state index contributed by atoms with van der Waals surface area (Å²) in [6, 6.07) is 14.5. The minimum Gasteiger partial charge on any atom is -0.444 e. The van der Waals surface area contributed by atoms with E-state index in [4.69, 9.17) is 32.4 Å². The summed E-state index contributed by atoms with van der Waals surface area (Å²) >= 11 is 13.5. The van der Waals surface area contributed by atoms with E-state index in [2.05, 4.69) is 15.5 Å². The lowest BCUT2D eigenvalue weighted by Gasteiger charge is -2.22. The molecule has 2 aromatic carbocycles. The van der Waals surface area contributed by atoms with E-state index in [0.717, 1.165) is 11.1 Å². The maximum atomic E-state index is 12.4. The first-order valence-electron chi connectivity index (χ1n) is 9.63. The second kappa shape index (κ2) is 10.4. The van der Waals surface area contributed by atoms with Crippen LogP contribution in [0.25, 0.3) is 0 Å². The van der Waals surface area contributed by atoms with Gasteiger partial charge in [0.15, 0.2) is 0 Å². The summed E-state index contributed by atoms with van der Waals surface area (Å²) in [4.78, 5) is 12.4. The molecule has 0 radical (unpaired) electrons. The maximum Gasteiger partial charge on any atom is 0.408 e. The highest BCUT2D eigenvalue weighted by Gasteiger charge is 2.25. The van der Waals surface area contributed by atoms with Gasteiger partial charge in [0.05, 0.1) is 0 Å². The van der Waals surface area contributed by atoms with Crippen molar-refractivity contribution in [3.63, 3.8) is 0 Å². The zero-order valence-electron chi connectivity index (χ0n) is 17.4. The van der Waals surface area contributed by atoms with Crippen molar-refractivity contribution in [2.45, 2.75) is 49.8 Å². The van der Waals surface area contributed by atoms with Gasteiger partial charge in [0.2, 0.25) is 5.89 Å². The molecule has 0 aliphatic heterocycles. The van der Waals surface area contributed by atoms with Crippen molar-refractivity contribution in [2.75, 3.05) is 0 Å². The molecule has 0 saturated heterocycles. The standard InChI is InChI=1S/C22H23Cl2N3O3S/c1-22(2,3)30-20(28)25-18(11-14-7-5-4-6-8-14)19-26-27-21(29-19)31-13-15-9-10-16(23)12-17(15)24/h4-10,12,18H,11,13H2,1-3H3,(H,25,28)/t18-/m1/s1. The van der Waals surface area contributed by atoms with Gasteiger partial charge in [-0.05, 0) is 44.0 Å². The Hall–Kier alpha value is -2.22. The number of hydrogen-bond donors (Lipinski definition) is 1. The van der Waals surface area contributed by atoms with Crippen molar-refractivity contribution in [1.82, 2.24) is 15.5 Å². The third-order valence-corrected chi connectivity index (χ3v) is 5.51. The van der Waals surface area contributed by atoms with Gasteiger partial charge >= 0.3 is 6.09 Å². The van der Waals surface area contributed by atoms with Gasteiger partial charge in [-0.3, -0.25) is 0 Å². The molecular formula is C22H23Cl2N3O3S. The smallest absolute Gasteiger partial charge is 0.408 e. The highest BCUT2D eigenvalue weighted by atomic mass is 35.5. The summed E-state index contributed by atoms with van der Waals surface area (Å²) in [5.41, 5.74) is 1.31. The number of thioether (sulfide) groups is 1. The number of amides is 1. The fourth-order valence-electron chi connectivity index (χ4n) is 2.70. The van der Waals surface area contributed by atoms with Gasteiger partial charge < -0.3 is 14.5 Å². The van der Waals surface area contributed by atoms with Crippen molar-refractivity contribution in [1.29, 1.82) is 0 Å². The molecule has 0 bridgehead atoms. The summed E-state index contributed by atoms with van der Waals surface area (Å²) in [5.74, 6) is 0.847. The van der Waals surface area contributed by atoms with E-state index >= 15 is 0 Å². The molecule has 0 spiro atoms. The largest absolute Gasteiger partial charge is 0.444 e. The van der Waals surface area contributed by atoms with E-state index < -0.39 is 17.7 Å². The van der Waals surface area contributed by atoms with E-state index in [9.17, 15) is 4.79 Å². The number of benzene rings is 2. The molecule has 1 N–H and O–H groups in total. The molecule has 0 aliphatic rings. The zero-order chi connectivity index (χ0) is 22.4. The first-order chi connectivity index (χ1) is 14.7. The molecule has 0 unspecified atom stereocenters. The molecule has 1 heterocycles. The average Bonchev–Trinajstić information content (AvgIpc) is 3.15. The minimum atomic E-state index is -0.616. The van der Waals surface area contributed by atoms with Gasteiger partial charge in [0, 0.05) is 22.2 Å². The van der Waals surface area contributed by atoms with Crippen LogP contribution in [0, 0.1) is 0 Å². The van der Waals surface area contributed by atoms with Crippen molar-refractivity contribution in [3.05, 3.63) is 75.6 Å². The SMILES string of the molecule is CC(C)(C)OC(=O)N[C@H](Cc1ccccc1)c1nnc(SCc2ccc(Cl)cc2Cl)o1. The van der Waals surface area contributed by atoms with Gasteiger partial charge in [-0.2, -0.15) is 0 Å².